The Morgan fingerprint density at radius 2 is 1.23 bits per heavy atom. The highest BCUT2D eigenvalue weighted by molar-refractivity contribution is 5.87. The minimum Gasteiger partial charge on any atom is -0.503 e. The Morgan fingerprint density at radius 1 is 0.769 bits per heavy atom. The molecule has 0 saturated carbocycles. The van der Waals surface area contributed by atoms with Crippen molar-refractivity contribution in [1.82, 2.24) is 4.98 Å². The summed E-state index contributed by atoms with van der Waals surface area (Å²) in [4.78, 5) is 28.0. The number of aryl methyl sites for hydroxylation is 2. The van der Waals surface area contributed by atoms with Gasteiger partial charge in [-0.1, -0.05) is 53.4 Å². The van der Waals surface area contributed by atoms with E-state index in [4.69, 9.17) is 0 Å². The Bertz CT molecular complexity index is 897. The van der Waals surface area contributed by atoms with Crippen LogP contribution in [0.15, 0.2) is 15.7 Å². The molecule has 0 fully saturated rings. The summed E-state index contributed by atoms with van der Waals surface area (Å²) in [7, 11) is 0. The van der Waals surface area contributed by atoms with E-state index in [1.54, 1.807) is 0 Å². The number of fused-ring (bicyclic) bond motifs is 1. The summed E-state index contributed by atoms with van der Waals surface area (Å²) in [5, 5.41) is 10.5. The second-order valence-electron chi connectivity index (χ2n) is 7.01. The third kappa shape index (κ3) is 3.84. The highest BCUT2D eigenvalue weighted by atomic mass is 16.3. The number of H-pyrrole nitrogens is 1. The van der Waals surface area contributed by atoms with E-state index in [1.165, 1.54) is 11.1 Å². The zero-order chi connectivity index (χ0) is 19.3. The Labute approximate surface area is 155 Å². The molecule has 0 spiro atoms. The van der Waals surface area contributed by atoms with Crippen molar-refractivity contribution in [3.05, 3.63) is 48.9 Å². The molecule has 1 aromatic heterocycles. The van der Waals surface area contributed by atoms with E-state index in [2.05, 4.69) is 32.7 Å². The summed E-state index contributed by atoms with van der Waals surface area (Å²) < 4.78 is 0. The van der Waals surface area contributed by atoms with Gasteiger partial charge in [0.05, 0.1) is 5.52 Å². The number of nitrogens with one attached hydrogen (secondary N) is 1. The van der Waals surface area contributed by atoms with Gasteiger partial charge in [0.15, 0.2) is 11.2 Å². The minimum atomic E-state index is -0.595. The Balaban J connectivity index is 3.15. The summed E-state index contributed by atoms with van der Waals surface area (Å²) in [5.41, 5.74) is 4.50. The molecule has 0 radical (unpaired) electrons. The zero-order valence-corrected chi connectivity index (χ0v) is 16.5. The van der Waals surface area contributed by atoms with Crippen LogP contribution in [-0.2, 0) is 25.7 Å². The molecule has 2 N–H and O–H groups in total. The van der Waals surface area contributed by atoms with E-state index in [1.807, 2.05) is 0 Å². The van der Waals surface area contributed by atoms with Gasteiger partial charge in [-0.15, -0.1) is 0 Å². The number of hydrogen-bond donors (Lipinski definition) is 2. The Kier molecular flexibility index (Phi) is 7.01. The number of aromatic hydroxyl groups is 1. The van der Waals surface area contributed by atoms with Gasteiger partial charge < -0.3 is 10.1 Å². The van der Waals surface area contributed by atoms with Crippen LogP contribution in [0, 0.1) is 0 Å². The second kappa shape index (κ2) is 9.02. The van der Waals surface area contributed by atoms with E-state index in [0.29, 0.717) is 10.9 Å². The lowest BCUT2D eigenvalue weighted by Crippen LogP contribution is -2.12. The fraction of sp³-hybridized carbons (Fsp3) is 0.545. The van der Waals surface area contributed by atoms with Gasteiger partial charge in [-0.25, -0.2) is 0 Å². The summed E-state index contributed by atoms with van der Waals surface area (Å²) in [6, 6.07) is 1.07. The van der Waals surface area contributed by atoms with E-state index in [0.717, 1.165) is 68.6 Å². The maximum atomic E-state index is 12.9. The first kappa shape index (κ1) is 20.2. The second-order valence-corrected chi connectivity index (χ2v) is 7.01. The van der Waals surface area contributed by atoms with Crippen LogP contribution in [0.1, 0.15) is 75.6 Å². The normalized spacial score (nSPS) is 11.2. The van der Waals surface area contributed by atoms with Crippen LogP contribution in [0.2, 0.25) is 0 Å². The van der Waals surface area contributed by atoms with Crippen molar-refractivity contribution in [2.24, 2.45) is 0 Å². The maximum absolute atomic E-state index is 12.9. The van der Waals surface area contributed by atoms with Gasteiger partial charge in [0.25, 0.3) is 5.56 Å². The van der Waals surface area contributed by atoms with Gasteiger partial charge in [-0.3, -0.25) is 9.59 Å². The van der Waals surface area contributed by atoms with Crippen molar-refractivity contribution in [2.75, 3.05) is 0 Å². The number of benzene rings is 1. The molecule has 26 heavy (non-hydrogen) atoms. The molecular formula is C22H31NO3. The van der Waals surface area contributed by atoms with Crippen LogP contribution >= 0.6 is 0 Å². The fourth-order valence-corrected chi connectivity index (χ4v) is 3.97. The molecule has 2 aromatic rings. The van der Waals surface area contributed by atoms with Gasteiger partial charge in [-0.05, 0) is 47.9 Å². The van der Waals surface area contributed by atoms with E-state index in [9.17, 15) is 14.7 Å². The Hall–Kier alpha value is -2.10. The van der Waals surface area contributed by atoms with Crippen molar-refractivity contribution in [2.45, 2.75) is 79.1 Å². The van der Waals surface area contributed by atoms with Crippen LogP contribution in [-0.4, -0.2) is 10.1 Å². The SMILES string of the molecule is CCCc1c(CCC)c(CCC)c2c(=O)cc(O)c(=O)[nH]c2c1CCC. The highest BCUT2D eigenvalue weighted by Gasteiger charge is 2.20. The van der Waals surface area contributed by atoms with Crippen LogP contribution in [0.3, 0.4) is 0 Å². The molecule has 0 aliphatic heterocycles. The molecule has 1 heterocycles. The lowest BCUT2D eigenvalue weighted by molar-refractivity contribution is 0.468. The summed E-state index contributed by atoms with van der Waals surface area (Å²) in [6.45, 7) is 8.53. The van der Waals surface area contributed by atoms with Gasteiger partial charge in [0.2, 0.25) is 0 Å². The third-order valence-electron chi connectivity index (χ3n) is 4.93. The van der Waals surface area contributed by atoms with Crippen LogP contribution in [0.25, 0.3) is 10.9 Å². The number of aromatic amines is 1. The van der Waals surface area contributed by atoms with Crippen molar-refractivity contribution in [1.29, 1.82) is 0 Å². The standard InChI is InChI=1S/C22H31NO3/c1-5-9-14-15(10-6-2)17(12-8-4)21-20(16(14)11-7-3)18(24)13-19(25)22(26)23-21/h13,25H,5-12H2,1-4H3,(H,23,26). The topological polar surface area (TPSA) is 70.2 Å². The first-order chi connectivity index (χ1) is 12.5. The van der Waals surface area contributed by atoms with E-state index in [-0.39, 0.29) is 5.43 Å². The molecule has 0 aliphatic carbocycles. The molecule has 0 aliphatic rings. The molecular weight excluding hydrogens is 326 g/mol. The van der Waals surface area contributed by atoms with Gasteiger partial charge >= 0.3 is 0 Å². The lowest BCUT2D eigenvalue weighted by Gasteiger charge is -2.21. The van der Waals surface area contributed by atoms with Crippen molar-refractivity contribution in [3.63, 3.8) is 0 Å². The Morgan fingerprint density at radius 3 is 1.77 bits per heavy atom. The lowest BCUT2D eigenvalue weighted by atomic mass is 9.84. The smallest absolute Gasteiger partial charge is 0.290 e. The summed E-state index contributed by atoms with van der Waals surface area (Å²) >= 11 is 0. The van der Waals surface area contributed by atoms with Crippen LogP contribution < -0.4 is 11.0 Å². The highest BCUT2D eigenvalue weighted by Crippen LogP contribution is 2.31. The molecule has 2 rings (SSSR count). The third-order valence-corrected chi connectivity index (χ3v) is 4.93. The molecule has 0 unspecified atom stereocenters. The predicted molar refractivity (Wildman–Crippen MR) is 108 cm³/mol. The van der Waals surface area contributed by atoms with Crippen molar-refractivity contribution < 1.29 is 5.11 Å². The quantitative estimate of drug-likeness (QED) is 0.735. The minimum absolute atomic E-state index is 0.267. The van der Waals surface area contributed by atoms with E-state index < -0.39 is 11.3 Å². The van der Waals surface area contributed by atoms with Crippen LogP contribution in [0.4, 0.5) is 0 Å². The van der Waals surface area contributed by atoms with Gasteiger partial charge in [-0.2, -0.15) is 0 Å². The molecule has 4 heteroatoms. The molecule has 4 nitrogen and oxygen atoms in total. The zero-order valence-electron chi connectivity index (χ0n) is 16.5. The average molecular weight is 357 g/mol. The maximum Gasteiger partial charge on any atom is 0.290 e. The van der Waals surface area contributed by atoms with Crippen molar-refractivity contribution >= 4 is 10.9 Å². The molecule has 0 amide bonds. The summed E-state index contributed by atoms with van der Waals surface area (Å²) in [6.07, 6.45) is 7.39. The number of aromatic nitrogens is 1. The van der Waals surface area contributed by atoms with Gasteiger partial charge in [0.1, 0.15) is 0 Å². The monoisotopic (exact) mass is 357 g/mol. The van der Waals surface area contributed by atoms with Crippen molar-refractivity contribution in [3.8, 4) is 5.75 Å². The van der Waals surface area contributed by atoms with Gasteiger partial charge in [0, 0.05) is 11.5 Å². The number of rotatable bonds is 8. The number of hydrogen-bond acceptors (Lipinski definition) is 3. The first-order valence-electron chi connectivity index (χ1n) is 9.95. The molecule has 0 atom stereocenters. The van der Waals surface area contributed by atoms with E-state index >= 15 is 0 Å². The fourth-order valence-electron chi connectivity index (χ4n) is 3.97. The molecule has 1 aromatic carbocycles. The molecule has 0 saturated heterocycles. The first-order valence-corrected chi connectivity index (χ1v) is 9.95. The molecule has 0 bridgehead atoms. The predicted octanol–water partition coefficient (Wildman–Crippen LogP) is 4.40. The summed E-state index contributed by atoms with van der Waals surface area (Å²) in [5.74, 6) is -0.509. The largest absolute Gasteiger partial charge is 0.503 e. The average Bonchev–Trinajstić information content (AvgIpc) is 2.71. The molecule has 142 valence electrons. The van der Waals surface area contributed by atoms with Crippen LogP contribution in [0.5, 0.6) is 5.75 Å².